The van der Waals surface area contributed by atoms with E-state index in [-0.39, 0.29) is 35.5 Å². The van der Waals surface area contributed by atoms with Gasteiger partial charge in [-0.15, -0.1) is 0 Å². The summed E-state index contributed by atoms with van der Waals surface area (Å²) in [5.41, 5.74) is 0.776. The summed E-state index contributed by atoms with van der Waals surface area (Å²) in [4.78, 5) is 21.1. The zero-order valence-electron chi connectivity index (χ0n) is 16.2. The van der Waals surface area contributed by atoms with Crippen molar-refractivity contribution in [3.63, 3.8) is 0 Å². The van der Waals surface area contributed by atoms with Crippen LogP contribution in [-0.2, 0) is 4.79 Å². The molecule has 4 rings (SSSR count). The number of aromatic nitrogens is 2. The summed E-state index contributed by atoms with van der Waals surface area (Å²) in [6.45, 7) is 2.53. The third-order valence-corrected chi connectivity index (χ3v) is 5.51. The van der Waals surface area contributed by atoms with Crippen LogP contribution >= 0.6 is 0 Å². The molecule has 2 heterocycles. The molecule has 2 fully saturated rings. The van der Waals surface area contributed by atoms with Crippen LogP contribution in [0.2, 0.25) is 0 Å². The monoisotopic (exact) mass is 403 g/mol. The average Bonchev–Trinajstić information content (AvgIpc) is 3.04. The summed E-state index contributed by atoms with van der Waals surface area (Å²) in [5, 5.41) is 8.93. The topological polar surface area (TPSA) is 75.5 Å². The number of benzene rings is 1. The van der Waals surface area contributed by atoms with Crippen LogP contribution in [0.4, 0.5) is 14.5 Å². The molecule has 0 radical (unpaired) electrons. The molecule has 1 N–H and O–H groups in total. The van der Waals surface area contributed by atoms with Gasteiger partial charge in [-0.05, 0) is 50.7 Å². The molecule has 1 atom stereocenters. The van der Waals surface area contributed by atoms with E-state index in [0.29, 0.717) is 31.1 Å². The van der Waals surface area contributed by atoms with Crippen molar-refractivity contribution in [2.75, 3.05) is 18.0 Å². The van der Waals surface area contributed by atoms with E-state index in [2.05, 4.69) is 9.97 Å². The Hall–Kier alpha value is -2.77. The Bertz CT molecular complexity index is 910. The Morgan fingerprint density at radius 3 is 2.55 bits per heavy atom. The lowest BCUT2D eigenvalue weighted by molar-refractivity contribution is -0.137. The fourth-order valence-electron chi connectivity index (χ4n) is 3.83. The standard InChI is InChI=1S/C21H23F2N3O3/c1-12-7-18(29-15-3-2-4-15)25-21(24-12)14-9-16(22)20(17(23)10-14)26-6-5-13(11-26)8-19(27)28/h7,9-10,13,15H,2-6,8,11H2,1H3,(H,27,28). The second kappa shape index (κ2) is 7.93. The van der Waals surface area contributed by atoms with Crippen LogP contribution < -0.4 is 9.64 Å². The van der Waals surface area contributed by atoms with E-state index in [1.54, 1.807) is 17.9 Å². The lowest BCUT2D eigenvalue weighted by Gasteiger charge is -2.26. The van der Waals surface area contributed by atoms with Gasteiger partial charge < -0.3 is 14.7 Å². The van der Waals surface area contributed by atoms with E-state index < -0.39 is 17.6 Å². The fourth-order valence-corrected chi connectivity index (χ4v) is 3.83. The number of ether oxygens (including phenoxy) is 1. The third kappa shape index (κ3) is 4.31. The molecule has 1 aromatic carbocycles. The van der Waals surface area contributed by atoms with Gasteiger partial charge in [-0.3, -0.25) is 4.79 Å². The maximum Gasteiger partial charge on any atom is 0.303 e. The van der Waals surface area contributed by atoms with Crippen LogP contribution in [0.25, 0.3) is 11.4 Å². The Kier molecular flexibility index (Phi) is 5.34. The fraction of sp³-hybridized carbons (Fsp3) is 0.476. The first-order chi connectivity index (χ1) is 13.9. The number of carboxylic acid groups (broad SMARTS) is 1. The van der Waals surface area contributed by atoms with Gasteiger partial charge in [0.05, 0.1) is 0 Å². The summed E-state index contributed by atoms with van der Waals surface area (Å²) in [5.74, 6) is -1.79. The van der Waals surface area contributed by atoms with E-state index in [9.17, 15) is 13.6 Å². The predicted molar refractivity (Wildman–Crippen MR) is 103 cm³/mol. The van der Waals surface area contributed by atoms with Gasteiger partial charge in [-0.25, -0.2) is 13.8 Å². The molecule has 1 saturated carbocycles. The second-order valence-corrected chi connectivity index (χ2v) is 7.83. The number of halogens is 2. The Balaban J connectivity index is 1.58. The molecule has 29 heavy (non-hydrogen) atoms. The molecule has 0 spiro atoms. The van der Waals surface area contributed by atoms with Crippen molar-refractivity contribution in [1.29, 1.82) is 0 Å². The molecule has 2 aromatic rings. The molecule has 0 bridgehead atoms. The molecule has 1 saturated heterocycles. The summed E-state index contributed by atoms with van der Waals surface area (Å²) in [6, 6.07) is 4.17. The Labute approximate surface area is 167 Å². The lowest BCUT2D eigenvalue weighted by Crippen LogP contribution is -2.25. The first-order valence-electron chi connectivity index (χ1n) is 9.87. The van der Waals surface area contributed by atoms with Crippen molar-refractivity contribution in [3.8, 4) is 17.3 Å². The number of aliphatic carboxylic acids is 1. The van der Waals surface area contributed by atoms with Crippen molar-refractivity contribution in [3.05, 3.63) is 35.5 Å². The number of carbonyl (C=O) groups is 1. The van der Waals surface area contributed by atoms with E-state index in [1.165, 1.54) is 12.1 Å². The molecule has 1 aliphatic heterocycles. The van der Waals surface area contributed by atoms with E-state index in [4.69, 9.17) is 9.84 Å². The number of hydrogen-bond donors (Lipinski definition) is 1. The van der Waals surface area contributed by atoms with Gasteiger partial charge in [0.2, 0.25) is 5.88 Å². The molecule has 2 aliphatic rings. The predicted octanol–water partition coefficient (Wildman–Crippen LogP) is 3.96. The van der Waals surface area contributed by atoms with Gasteiger partial charge in [-0.2, -0.15) is 4.98 Å². The molecule has 1 unspecified atom stereocenters. The molecule has 154 valence electrons. The normalized spacial score (nSPS) is 19.3. The van der Waals surface area contributed by atoms with Crippen molar-refractivity contribution in [1.82, 2.24) is 9.97 Å². The number of rotatable bonds is 6. The first-order valence-corrected chi connectivity index (χ1v) is 9.87. The second-order valence-electron chi connectivity index (χ2n) is 7.83. The largest absolute Gasteiger partial charge is 0.481 e. The Morgan fingerprint density at radius 2 is 1.93 bits per heavy atom. The molecule has 8 heteroatoms. The van der Waals surface area contributed by atoms with Gasteiger partial charge >= 0.3 is 5.97 Å². The maximum absolute atomic E-state index is 14.8. The van der Waals surface area contributed by atoms with Gasteiger partial charge in [0, 0.05) is 36.8 Å². The number of anilines is 1. The number of nitrogens with zero attached hydrogens (tertiary/aromatic N) is 3. The minimum atomic E-state index is -0.898. The van der Waals surface area contributed by atoms with E-state index >= 15 is 0 Å². The van der Waals surface area contributed by atoms with E-state index in [0.717, 1.165) is 19.3 Å². The van der Waals surface area contributed by atoms with Crippen LogP contribution in [0.5, 0.6) is 5.88 Å². The van der Waals surface area contributed by atoms with Crippen LogP contribution in [-0.4, -0.2) is 40.2 Å². The zero-order valence-corrected chi connectivity index (χ0v) is 16.2. The summed E-state index contributed by atoms with van der Waals surface area (Å²) in [7, 11) is 0. The van der Waals surface area contributed by atoms with Crippen molar-refractivity contribution in [2.24, 2.45) is 5.92 Å². The van der Waals surface area contributed by atoms with Crippen LogP contribution in [0.3, 0.4) is 0 Å². The molecular weight excluding hydrogens is 380 g/mol. The van der Waals surface area contributed by atoms with Crippen LogP contribution in [0.1, 0.15) is 37.8 Å². The van der Waals surface area contributed by atoms with Gasteiger partial charge in [0.25, 0.3) is 0 Å². The number of carboxylic acids is 1. The minimum Gasteiger partial charge on any atom is -0.481 e. The first kappa shape index (κ1) is 19.5. The SMILES string of the molecule is Cc1cc(OC2CCC2)nc(-c2cc(F)c(N3CCC(CC(=O)O)C3)c(F)c2)n1. The van der Waals surface area contributed by atoms with Crippen molar-refractivity contribution in [2.45, 2.75) is 45.1 Å². The highest BCUT2D eigenvalue weighted by Gasteiger charge is 2.29. The lowest BCUT2D eigenvalue weighted by atomic mass is 9.96. The highest BCUT2D eigenvalue weighted by molar-refractivity contribution is 5.67. The van der Waals surface area contributed by atoms with Crippen molar-refractivity contribution >= 4 is 11.7 Å². The van der Waals surface area contributed by atoms with E-state index in [1.807, 2.05) is 0 Å². The maximum atomic E-state index is 14.8. The number of aryl methyl sites for hydroxylation is 1. The smallest absolute Gasteiger partial charge is 0.303 e. The van der Waals surface area contributed by atoms with Gasteiger partial charge in [0.1, 0.15) is 23.4 Å². The molecule has 1 aromatic heterocycles. The summed E-state index contributed by atoms with van der Waals surface area (Å²) < 4.78 is 35.5. The van der Waals surface area contributed by atoms with Gasteiger partial charge in [-0.1, -0.05) is 0 Å². The minimum absolute atomic E-state index is 0.00127. The van der Waals surface area contributed by atoms with Crippen molar-refractivity contribution < 1.29 is 23.4 Å². The number of hydrogen-bond acceptors (Lipinski definition) is 5. The quantitative estimate of drug-likeness (QED) is 0.787. The highest BCUT2D eigenvalue weighted by Crippen LogP contribution is 2.33. The zero-order chi connectivity index (χ0) is 20.5. The van der Waals surface area contributed by atoms with Gasteiger partial charge in [0.15, 0.2) is 5.82 Å². The molecule has 1 aliphatic carbocycles. The van der Waals surface area contributed by atoms with Crippen LogP contribution in [0, 0.1) is 24.5 Å². The Morgan fingerprint density at radius 1 is 1.21 bits per heavy atom. The third-order valence-electron chi connectivity index (χ3n) is 5.51. The highest BCUT2D eigenvalue weighted by atomic mass is 19.1. The summed E-state index contributed by atoms with van der Waals surface area (Å²) >= 11 is 0. The molecule has 6 nitrogen and oxygen atoms in total. The molecule has 0 amide bonds. The van der Waals surface area contributed by atoms with Crippen LogP contribution in [0.15, 0.2) is 18.2 Å². The molecular formula is C21H23F2N3O3. The average molecular weight is 403 g/mol. The summed E-state index contributed by atoms with van der Waals surface area (Å²) in [6.07, 6.45) is 3.82.